The predicted molar refractivity (Wildman–Crippen MR) is 134 cm³/mol. The maximum absolute atomic E-state index is 12.3. The maximum Gasteiger partial charge on any atom is 0.246 e. The molecule has 0 spiro atoms. The Morgan fingerprint density at radius 1 is 1.20 bits per heavy atom. The third-order valence-corrected chi connectivity index (χ3v) is 7.45. The van der Waals surface area contributed by atoms with Crippen molar-refractivity contribution in [3.05, 3.63) is 41.7 Å². The molecule has 2 fully saturated rings. The van der Waals surface area contributed by atoms with E-state index in [-0.39, 0.29) is 11.9 Å². The average Bonchev–Trinajstić information content (AvgIpc) is 3.29. The summed E-state index contributed by atoms with van der Waals surface area (Å²) >= 11 is 0. The molecule has 0 unspecified atom stereocenters. The van der Waals surface area contributed by atoms with Crippen molar-refractivity contribution in [1.29, 1.82) is 0 Å². The van der Waals surface area contributed by atoms with Gasteiger partial charge in [-0.05, 0) is 63.4 Å². The smallest absolute Gasteiger partial charge is 0.246 e. The molecule has 0 radical (unpaired) electrons. The van der Waals surface area contributed by atoms with Gasteiger partial charge in [0.05, 0.1) is 17.9 Å². The van der Waals surface area contributed by atoms with Gasteiger partial charge in [0, 0.05) is 18.7 Å². The number of benzene rings is 1. The summed E-state index contributed by atoms with van der Waals surface area (Å²) in [6.45, 7) is 5.16. The highest BCUT2D eigenvalue weighted by Crippen LogP contribution is 2.40. The van der Waals surface area contributed by atoms with Gasteiger partial charge in [0.25, 0.3) is 0 Å². The summed E-state index contributed by atoms with van der Waals surface area (Å²) < 4.78 is 6.09. The van der Waals surface area contributed by atoms with E-state index in [1.54, 1.807) is 0 Å². The number of ether oxygens (including phenoxy) is 1. The van der Waals surface area contributed by atoms with Crippen molar-refractivity contribution < 1.29 is 14.6 Å². The zero-order valence-electron chi connectivity index (χ0n) is 20.3. The van der Waals surface area contributed by atoms with E-state index in [4.69, 9.17) is 15.5 Å². The standard InChI is InChI=1S/C26H34N6O3/c1-26(2)22(32-21-23(27)30-14-31-25(21)35-26)18-9-7-17(8-10-18)16-5-3-15(4-6-16)12-29-24(34)20-11-19(33)13-28-20/h7-10,14-16,19-20,28,33H,3-6,11-13H2,1-2H3,(H,29,34)(H2,27,30,31)/t15-,16-,19-,20+/m1/s1. The summed E-state index contributed by atoms with van der Waals surface area (Å²) in [6.07, 6.45) is 5.87. The van der Waals surface area contributed by atoms with Crippen LogP contribution in [0.4, 0.5) is 11.5 Å². The molecule has 1 amide bonds. The highest BCUT2D eigenvalue weighted by atomic mass is 16.5. The molecular weight excluding hydrogens is 444 g/mol. The number of amides is 1. The minimum absolute atomic E-state index is 0.00716. The Kier molecular flexibility index (Phi) is 6.46. The Balaban J connectivity index is 1.19. The Hall–Kier alpha value is -3.04. The van der Waals surface area contributed by atoms with Crippen LogP contribution in [-0.2, 0) is 4.79 Å². The fourth-order valence-electron chi connectivity index (χ4n) is 5.40. The predicted octanol–water partition coefficient (Wildman–Crippen LogP) is 2.46. The van der Waals surface area contributed by atoms with Crippen LogP contribution in [0.5, 0.6) is 5.88 Å². The van der Waals surface area contributed by atoms with Gasteiger partial charge >= 0.3 is 0 Å². The van der Waals surface area contributed by atoms with Crippen LogP contribution in [0.1, 0.15) is 63.0 Å². The lowest BCUT2D eigenvalue weighted by atomic mass is 9.78. The Labute approximate surface area is 205 Å². The fraction of sp³-hybridized carbons (Fsp3) is 0.538. The first-order valence-electron chi connectivity index (χ1n) is 12.5. The Morgan fingerprint density at radius 3 is 2.63 bits per heavy atom. The number of carbonyl (C=O) groups is 1. The minimum Gasteiger partial charge on any atom is -0.463 e. The first-order valence-corrected chi connectivity index (χ1v) is 12.5. The van der Waals surface area contributed by atoms with Gasteiger partial charge in [-0.1, -0.05) is 24.3 Å². The van der Waals surface area contributed by atoms with E-state index in [1.807, 2.05) is 13.8 Å². The fourth-order valence-corrected chi connectivity index (χ4v) is 5.40. The van der Waals surface area contributed by atoms with Crippen molar-refractivity contribution in [3.8, 4) is 5.88 Å². The van der Waals surface area contributed by atoms with Crippen molar-refractivity contribution in [2.45, 2.75) is 69.6 Å². The Morgan fingerprint density at radius 2 is 1.94 bits per heavy atom. The number of β-amino-alcohol motifs (C(OH)–C–C–N with tert-alkyl or cyclic N) is 1. The first-order chi connectivity index (χ1) is 16.8. The number of hydrogen-bond donors (Lipinski definition) is 4. The molecule has 9 nitrogen and oxygen atoms in total. The quantitative estimate of drug-likeness (QED) is 0.518. The largest absolute Gasteiger partial charge is 0.463 e. The highest BCUT2D eigenvalue weighted by molar-refractivity contribution is 6.09. The third-order valence-electron chi connectivity index (χ3n) is 7.45. The number of aliphatic hydroxyl groups excluding tert-OH is 1. The number of anilines is 1. The molecule has 3 aliphatic rings. The van der Waals surface area contributed by atoms with Gasteiger partial charge in [-0.25, -0.2) is 9.98 Å². The summed E-state index contributed by atoms with van der Waals surface area (Å²) in [6, 6.07) is 8.34. The van der Waals surface area contributed by atoms with E-state index in [0.29, 0.717) is 48.7 Å². The summed E-state index contributed by atoms with van der Waals surface area (Å²) in [7, 11) is 0. The van der Waals surface area contributed by atoms with Gasteiger partial charge < -0.3 is 26.2 Å². The van der Waals surface area contributed by atoms with Gasteiger partial charge in [-0.15, -0.1) is 0 Å². The second-order valence-corrected chi connectivity index (χ2v) is 10.4. The van der Waals surface area contributed by atoms with Crippen molar-refractivity contribution in [1.82, 2.24) is 20.6 Å². The minimum atomic E-state index is -0.635. The molecule has 1 aromatic heterocycles. The van der Waals surface area contributed by atoms with Crippen LogP contribution in [0.15, 0.2) is 35.6 Å². The lowest BCUT2D eigenvalue weighted by Crippen LogP contribution is -2.42. The number of rotatable bonds is 5. The molecule has 1 aliphatic carbocycles. The molecule has 1 saturated heterocycles. The van der Waals surface area contributed by atoms with Crippen molar-refractivity contribution in [3.63, 3.8) is 0 Å². The SMILES string of the molecule is CC1(C)Oc2ncnc(N)c2N=C1c1ccc([C@H]2CC[C@H](CNC(=O)[C@@H]3C[C@@H](O)CN3)CC2)cc1. The number of carbonyl (C=O) groups excluding carboxylic acids is 1. The molecule has 35 heavy (non-hydrogen) atoms. The molecule has 1 aromatic carbocycles. The lowest BCUT2D eigenvalue weighted by Gasteiger charge is -2.32. The molecule has 186 valence electrons. The zero-order chi connectivity index (χ0) is 24.6. The second-order valence-electron chi connectivity index (χ2n) is 10.4. The summed E-state index contributed by atoms with van der Waals surface area (Å²) in [5, 5.41) is 15.8. The number of aliphatic hydroxyl groups is 1. The summed E-state index contributed by atoms with van der Waals surface area (Å²) in [5.41, 5.74) is 8.99. The number of hydrogen-bond acceptors (Lipinski definition) is 8. The van der Waals surface area contributed by atoms with Crippen LogP contribution in [0.25, 0.3) is 0 Å². The molecule has 0 bridgehead atoms. The van der Waals surface area contributed by atoms with E-state index < -0.39 is 11.7 Å². The molecule has 9 heteroatoms. The van der Waals surface area contributed by atoms with Crippen LogP contribution >= 0.6 is 0 Å². The van der Waals surface area contributed by atoms with E-state index >= 15 is 0 Å². The van der Waals surface area contributed by atoms with E-state index in [2.05, 4.69) is 44.9 Å². The molecule has 1 saturated carbocycles. The Bertz CT molecular complexity index is 1110. The normalized spacial score (nSPS) is 27.5. The highest BCUT2D eigenvalue weighted by Gasteiger charge is 2.35. The molecule has 5 N–H and O–H groups in total. The van der Waals surface area contributed by atoms with Gasteiger partial charge in [0.15, 0.2) is 11.5 Å². The number of aliphatic imine (C=N–C) groups is 1. The third kappa shape index (κ3) is 5.01. The molecule has 2 aliphatic heterocycles. The van der Waals surface area contributed by atoms with E-state index in [9.17, 15) is 9.90 Å². The van der Waals surface area contributed by atoms with Crippen LogP contribution in [0.3, 0.4) is 0 Å². The van der Waals surface area contributed by atoms with Crippen LogP contribution in [-0.4, -0.2) is 57.5 Å². The van der Waals surface area contributed by atoms with E-state index in [1.165, 1.54) is 11.9 Å². The van der Waals surface area contributed by atoms with Gasteiger partial charge in [0.2, 0.25) is 11.8 Å². The molecule has 3 heterocycles. The average molecular weight is 479 g/mol. The monoisotopic (exact) mass is 478 g/mol. The molecule has 5 rings (SSSR count). The van der Waals surface area contributed by atoms with Crippen LogP contribution in [0.2, 0.25) is 0 Å². The zero-order valence-corrected chi connectivity index (χ0v) is 20.3. The first kappa shape index (κ1) is 23.7. The molecule has 2 atom stereocenters. The van der Waals surface area contributed by atoms with Gasteiger partial charge in [-0.3, -0.25) is 4.79 Å². The number of nitrogens with one attached hydrogen (secondary N) is 2. The topological polar surface area (TPSA) is 135 Å². The summed E-state index contributed by atoms with van der Waals surface area (Å²) in [5.74, 6) is 1.75. The number of nitrogen functional groups attached to an aromatic ring is 1. The second kappa shape index (κ2) is 9.54. The van der Waals surface area contributed by atoms with E-state index in [0.717, 1.165) is 37.0 Å². The van der Waals surface area contributed by atoms with Gasteiger partial charge in [-0.2, -0.15) is 4.98 Å². The molecular formula is C26H34N6O3. The van der Waals surface area contributed by atoms with Gasteiger partial charge in [0.1, 0.15) is 11.9 Å². The van der Waals surface area contributed by atoms with Crippen LogP contribution in [0, 0.1) is 5.92 Å². The number of nitrogens with zero attached hydrogens (tertiary/aromatic N) is 3. The number of nitrogens with two attached hydrogens (primary N) is 1. The van der Waals surface area contributed by atoms with Crippen molar-refractivity contribution in [2.75, 3.05) is 18.8 Å². The summed E-state index contributed by atoms with van der Waals surface area (Å²) in [4.78, 5) is 25.3. The van der Waals surface area contributed by atoms with Crippen molar-refractivity contribution >= 4 is 23.1 Å². The number of fused-ring (bicyclic) bond motifs is 1. The maximum atomic E-state index is 12.3. The lowest BCUT2D eigenvalue weighted by molar-refractivity contribution is -0.123. The molecule has 2 aromatic rings. The number of aromatic nitrogens is 2. The van der Waals surface area contributed by atoms with Crippen LogP contribution < -0.4 is 21.1 Å². The van der Waals surface area contributed by atoms with Crippen molar-refractivity contribution in [2.24, 2.45) is 10.9 Å².